The maximum atomic E-state index is 13.0. The van der Waals surface area contributed by atoms with Crippen molar-refractivity contribution in [3.05, 3.63) is 86.1 Å². The fourth-order valence-corrected chi connectivity index (χ4v) is 2.56. The maximum absolute atomic E-state index is 13.0. The van der Waals surface area contributed by atoms with Gasteiger partial charge in [0.25, 0.3) is 17.3 Å². The summed E-state index contributed by atoms with van der Waals surface area (Å²) in [4.78, 5) is 32.0. The number of nitro benzene ring substituents is 2. The number of alkyl halides is 3. The van der Waals surface area contributed by atoms with Crippen LogP contribution in [0.3, 0.4) is 0 Å². The third-order valence-electron chi connectivity index (χ3n) is 3.95. The van der Waals surface area contributed by atoms with E-state index >= 15 is 0 Å². The second-order valence-electron chi connectivity index (χ2n) is 5.91. The van der Waals surface area contributed by atoms with Crippen molar-refractivity contribution in [3.8, 4) is 11.3 Å². The molecule has 0 atom stereocenters. The number of nitro groups is 2. The van der Waals surface area contributed by atoms with Gasteiger partial charge in [-0.15, -0.1) is 0 Å². The number of hydrogen-bond donors (Lipinski definition) is 1. The van der Waals surface area contributed by atoms with Crippen LogP contribution in [0.4, 0.5) is 30.2 Å². The van der Waals surface area contributed by atoms with E-state index in [4.69, 9.17) is 4.42 Å². The van der Waals surface area contributed by atoms with Crippen LogP contribution >= 0.6 is 0 Å². The Morgan fingerprint density at radius 1 is 0.933 bits per heavy atom. The Kier molecular flexibility index (Phi) is 5.24. The summed E-state index contributed by atoms with van der Waals surface area (Å²) in [5.41, 5.74) is -2.65. The molecule has 0 aliphatic carbocycles. The van der Waals surface area contributed by atoms with E-state index in [1.54, 1.807) is 0 Å². The number of anilines is 1. The molecule has 3 aromatic rings. The van der Waals surface area contributed by atoms with Crippen LogP contribution in [0.25, 0.3) is 11.3 Å². The molecule has 30 heavy (non-hydrogen) atoms. The van der Waals surface area contributed by atoms with Gasteiger partial charge in [0.2, 0.25) is 0 Å². The largest absolute Gasteiger partial charge is 0.451 e. The molecule has 0 saturated carbocycles. The van der Waals surface area contributed by atoms with E-state index in [9.17, 15) is 38.2 Å². The highest BCUT2D eigenvalue weighted by molar-refractivity contribution is 6.02. The number of nitrogens with one attached hydrogen (secondary N) is 1. The van der Waals surface area contributed by atoms with Gasteiger partial charge >= 0.3 is 6.18 Å². The van der Waals surface area contributed by atoms with Crippen molar-refractivity contribution in [2.24, 2.45) is 0 Å². The minimum absolute atomic E-state index is 0.137. The SMILES string of the molecule is O=C(Nc1ccc([N+](=O)[O-])c(C(F)(F)F)c1)c1ccc(-c2ccc([N+](=O)[O-])cc2)o1. The van der Waals surface area contributed by atoms with E-state index < -0.39 is 33.2 Å². The molecule has 1 aromatic heterocycles. The number of hydrogen-bond acceptors (Lipinski definition) is 6. The molecule has 0 aliphatic heterocycles. The Bertz CT molecular complexity index is 1140. The van der Waals surface area contributed by atoms with Gasteiger partial charge in [-0.25, -0.2) is 0 Å². The Balaban J connectivity index is 1.82. The Morgan fingerprint density at radius 3 is 2.17 bits per heavy atom. The zero-order valence-corrected chi connectivity index (χ0v) is 14.7. The lowest BCUT2D eigenvalue weighted by Crippen LogP contribution is -2.13. The molecular formula is C18H10F3N3O6. The molecule has 0 bridgehead atoms. The van der Waals surface area contributed by atoms with Crippen molar-refractivity contribution in [2.75, 3.05) is 5.32 Å². The van der Waals surface area contributed by atoms with Gasteiger partial charge in [-0.3, -0.25) is 25.0 Å². The van der Waals surface area contributed by atoms with Crippen molar-refractivity contribution in [2.45, 2.75) is 6.18 Å². The smallest absolute Gasteiger partial charge is 0.423 e. The van der Waals surface area contributed by atoms with Gasteiger partial charge in [0.1, 0.15) is 11.3 Å². The number of halogens is 3. The van der Waals surface area contributed by atoms with Crippen LogP contribution in [-0.4, -0.2) is 15.8 Å². The van der Waals surface area contributed by atoms with Gasteiger partial charge in [0.05, 0.1) is 9.85 Å². The number of benzene rings is 2. The molecule has 0 saturated heterocycles. The maximum Gasteiger partial charge on any atom is 0.423 e. The standard InChI is InChI=1S/C18H10F3N3O6/c19-18(20,21)13-9-11(3-6-14(13)24(28)29)22-17(25)16-8-7-15(30-16)10-1-4-12(5-2-10)23(26)27/h1-9H,(H,22,25). The molecule has 0 unspecified atom stereocenters. The summed E-state index contributed by atoms with van der Waals surface area (Å²) in [6.07, 6.45) is -4.99. The normalized spacial score (nSPS) is 11.2. The highest BCUT2D eigenvalue weighted by Gasteiger charge is 2.38. The molecule has 0 radical (unpaired) electrons. The van der Waals surface area contributed by atoms with Crippen LogP contribution in [0.5, 0.6) is 0 Å². The molecule has 1 heterocycles. The lowest BCUT2D eigenvalue weighted by atomic mass is 10.1. The van der Waals surface area contributed by atoms with Crippen LogP contribution in [0, 0.1) is 20.2 Å². The zero-order chi connectivity index (χ0) is 22.1. The summed E-state index contributed by atoms with van der Waals surface area (Å²) in [6, 6.07) is 10.0. The topological polar surface area (TPSA) is 129 Å². The van der Waals surface area contributed by atoms with Crippen molar-refractivity contribution >= 4 is 23.0 Å². The molecule has 3 rings (SSSR count). The molecule has 1 amide bonds. The number of nitrogens with zero attached hydrogens (tertiary/aromatic N) is 2. The van der Waals surface area contributed by atoms with Crippen LogP contribution in [0.1, 0.15) is 16.1 Å². The zero-order valence-electron chi connectivity index (χ0n) is 14.7. The number of rotatable bonds is 5. The van der Waals surface area contributed by atoms with Crippen molar-refractivity contribution < 1.29 is 32.2 Å². The number of non-ortho nitro benzene ring substituents is 1. The summed E-state index contributed by atoms with van der Waals surface area (Å²) in [5, 5.41) is 23.6. The molecule has 0 spiro atoms. The Morgan fingerprint density at radius 2 is 1.60 bits per heavy atom. The first-order valence-corrected chi connectivity index (χ1v) is 8.08. The van der Waals surface area contributed by atoms with E-state index in [1.165, 1.54) is 36.4 Å². The van der Waals surface area contributed by atoms with Crippen molar-refractivity contribution in [1.29, 1.82) is 0 Å². The summed E-state index contributed by atoms with van der Waals surface area (Å²) in [7, 11) is 0. The third-order valence-corrected chi connectivity index (χ3v) is 3.95. The van der Waals surface area contributed by atoms with E-state index in [0.29, 0.717) is 17.7 Å². The number of furan rings is 1. The van der Waals surface area contributed by atoms with Gasteiger partial charge in [0, 0.05) is 29.4 Å². The lowest BCUT2D eigenvalue weighted by Gasteiger charge is -2.10. The average Bonchev–Trinajstić information content (AvgIpc) is 3.17. The molecule has 0 fully saturated rings. The third kappa shape index (κ3) is 4.27. The van der Waals surface area contributed by atoms with Gasteiger partial charge in [-0.05, 0) is 36.4 Å². The molecular weight excluding hydrogens is 411 g/mol. The number of carbonyl (C=O) groups excluding carboxylic acids is 1. The van der Waals surface area contributed by atoms with Crippen LogP contribution in [-0.2, 0) is 6.18 Å². The number of amides is 1. The minimum atomic E-state index is -4.99. The van der Waals surface area contributed by atoms with Crippen molar-refractivity contribution in [1.82, 2.24) is 0 Å². The predicted octanol–water partition coefficient (Wildman–Crippen LogP) is 5.03. The quantitative estimate of drug-likeness (QED) is 0.454. The fourth-order valence-electron chi connectivity index (χ4n) is 2.56. The molecule has 1 N–H and O–H groups in total. The first-order valence-electron chi connectivity index (χ1n) is 8.08. The van der Waals surface area contributed by atoms with Gasteiger partial charge in [-0.2, -0.15) is 13.2 Å². The van der Waals surface area contributed by atoms with E-state index in [1.807, 2.05) is 0 Å². The summed E-state index contributed by atoms with van der Waals surface area (Å²) in [5.74, 6) is -0.921. The second-order valence-corrected chi connectivity index (χ2v) is 5.91. The lowest BCUT2D eigenvalue weighted by molar-refractivity contribution is -0.388. The van der Waals surface area contributed by atoms with Gasteiger partial charge in [0.15, 0.2) is 5.76 Å². The number of carbonyl (C=O) groups is 1. The van der Waals surface area contributed by atoms with Gasteiger partial charge < -0.3 is 9.73 Å². The monoisotopic (exact) mass is 421 g/mol. The van der Waals surface area contributed by atoms with Crippen molar-refractivity contribution in [3.63, 3.8) is 0 Å². The molecule has 9 nitrogen and oxygen atoms in total. The summed E-state index contributed by atoms with van der Waals surface area (Å²) >= 11 is 0. The highest BCUT2D eigenvalue weighted by Crippen LogP contribution is 2.37. The van der Waals surface area contributed by atoms with Crippen LogP contribution < -0.4 is 5.32 Å². The Hall–Kier alpha value is -4.22. The Labute approximate surface area is 165 Å². The van der Waals surface area contributed by atoms with Gasteiger partial charge in [-0.1, -0.05) is 0 Å². The average molecular weight is 421 g/mol. The second kappa shape index (κ2) is 7.66. The minimum Gasteiger partial charge on any atom is -0.451 e. The fraction of sp³-hybridized carbons (Fsp3) is 0.0556. The molecule has 0 aliphatic rings. The van der Waals surface area contributed by atoms with Crippen LogP contribution in [0.15, 0.2) is 59.0 Å². The summed E-state index contributed by atoms with van der Waals surface area (Å²) in [6.45, 7) is 0. The first-order chi connectivity index (χ1) is 14.1. The highest BCUT2D eigenvalue weighted by atomic mass is 19.4. The predicted molar refractivity (Wildman–Crippen MR) is 96.9 cm³/mol. The summed E-state index contributed by atoms with van der Waals surface area (Å²) < 4.78 is 44.5. The van der Waals surface area contributed by atoms with E-state index in [-0.39, 0.29) is 22.9 Å². The van der Waals surface area contributed by atoms with E-state index in [0.717, 1.165) is 6.07 Å². The van der Waals surface area contributed by atoms with Crippen LogP contribution in [0.2, 0.25) is 0 Å². The van der Waals surface area contributed by atoms with E-state index in [2.05, 4.69) is 5.32 Å². The molecule has 2 aromatic carbocycles. The molecule has 154 valence electrons. The molecule has 12 heteroatoms. The first kappa shape index (κ1) is 20.5.